The number of carbonyl (C=O) groups excluding carboxylic acids is 1. The van der Waals surface area contributed by atoms with E-state index in [-0.39, 0.29) is 5.91 Å². The highest BCUT2D eigenvalue weighted by Gasteiger charge is 2.24. The van der Waals surface area contributed by atoms with Crippen LogP contribution < -0.4 is 4.90 Å². The van der Waals surface area contributed by atoms with Crippen molar-refractivity contribution >= 4 is 60.1 Å². The molecule has 0 N–H and O–H groups in total. The van der Waals surface area contributed by atoms with Crippen LogP contribution in [0.4, 0.5) is 5.13 Å². The SMILES string of the molecule is Cc1c(Cl)ccc2sc(N3CCN(C(=O)c4ccc(Br)cc4)CC3)nc12. The molecule has 1 fully saturated rings. The lowest BCUT2D eigenvalue weighted by Crippen LogP contribution is -2.48. The summed E-state index contributed by atoms with van der Waals surface area (Å²) in [5.74, 6) is 0.0871. The van der Waals surface area contributed by atoms with Gasteiger partial charge in [-0.05, 0) is 48.9 Å². The summed E-state index contributed by atoms with van der Waals surface area (Å²) in [6.07, 6.45) is 0. The predicted octanol–water partition coefficient (Wildman–Crippen LogP) is 4.98. The lowest BCUT2D eigenvalue weighted by Gasteiger charge is -2.34. The Bertz CT molecular complexity index is 965. The lowest BCUT2D eigenvalue weighted by atomic mass is 10.2. The van der Waals surface area contributed by atoms with Crippen LogP contribution in [-0.4, -0.2) is 42.0 Å². The van der Waals surface area contributed by atoms with Crippen LogP contribution in [-0.2, 0) is 0 Å². The molecule has 7 heteroatoms. The fourth-order valence-electron chi connectivity index (χ4n) is 3.10. The quantitative estimate of drug-likeness (QED) is 0.552. The van der Waals surface area contributed by atoms with Gasteiger partial charge in [0.2, 0.25) is 0 Å². The molecule has 26 heavy (non-hydrogen) atoms. The van der Waals surface area contributed by atoms with Gasteiger partial charge in [-0.15, -0.1) is 0 Å². The van der Waals surface area contributed by atoms with Gasteiger partial charge in [0, 0.05) is 41.2 Å². The van der Waals surface area contributed by atoms with E-state index in [4.69, 9.17) is 16.6 Å². The summed E-state index contributed by atoms with van der Waals surface area (Å²) in [5, 5.41) is 1.75. The van der Waals surface area contributed by atoms with Gasteiger partial charge >= 0.3 is 0 Å². The smallest absolute Gasteiger partial charge is 0.253 e. The molecule has 0 aliphatic carbocycles. The number of aromatic nitrogens is 1. The minimum absolute atomic E-state index is 0.0871. The number of hydrogen-bond acceptors (Lipinski definition) is 4. The van der Waals surface area contributed by atoms with Crippen molar-refractivity contribution in [1.29, 1.82) is 0 Å². The molecule has 2 aromatic carbocycles. The molecule has 0 spiro atoms. The Labute approximate surface area is 169 Å². The zero-order valence-electron chi connectivity index (χ0n) is 14.2. The molecule has 1 aliphatic heterocycles. The van der Waals surface area contributed by atoms with E-state index in [0.29, 0.717) is 13.1 Å². The molecular weight excluding hydrogens is 434 g/mol. The Hall–Kier alpha value is -1.63. The topological polar surface area (TPSA) is 36.4 Å². The molecule has 0 unspecified atom stereocenters. The van der Waals surface area contributed by atoms with E-state index in [1.54, 1.807) is 11.3 Å². The van der Waals surface area contributed by atoms with Crippen molar-refractivity contribution in [1.82, 2.24) is 9.88 Å². The van der Waals surface area contributed by atoms with E-state index in [1.807, 2.05) is 48.2 Å². The lowest BCUT2D eigenvalue weighted by molar-refractivity contribution is 0.0747. The number of fused-ring (bicyclic) bond motifs is 1. The van der Waals surface area contributed by atoms with Crippen LogP contribution in [0.15, 0.2) is 40.9 Å². The van der Waals surface area contributed by atoms with Gasteiger partial charge in [-0.2, -0.15) is 0 Å². The van der Waals surface area contributed by atoms with E-state index in [2.05, 4.69) is 20.8 Å². The number of rotatable bonds is 2. The maximum atomic E-state index is 12.6. The van der Waals surface area contributed by atoms with E-state index in [9.17, 15) is 4.79 Å². The Kier molecular flexibility index (Phi) is 4.90. The first-order valence-corrected chi connectivity index (χ1v) is 10.4. The second-order valence-corrected chi connectivity index (χ2v) is 8.63. The summed E-state index contributed by atoms with van der Waals surface area (Å²) in [6.45, 7) is 4.97. The minimum atomic E-state index is 0.0871. The number of carbonyl (C=O) groups is 1. The number of thiazole rings is 1. The van der Waals surface area contributed by atoms with Gasteiger partial charge in [-0.3, -0.25) is 4.79 Å². The fourth-order valence-corrected chi connectivity index (χ4v) is 4.59. The maximum absolute atomic E-state index is 12.6. The summed E-state index contributed by atoms with van der Waals surface area (Å²) in [5.41, 5.74) is 2.73. The van der Waals surface area contributed by atoms with Crippen LogP contribution in [0.2, 0.25) is 5.02 Å². The van der Waals surface area contributed by atoms with Crippen LogP contribution in [0.1, 0.15) is 15.9 Å². The second-order valence-electron chi connectivity index (χ2n) is 6.30. The molecule has 134 valence electrons. The van der Waals surface area contributed by atoms with Crippen molar-refractivity contribution in [2.45, 2.75) is 6.92 Å². The highest BCUT2D eigenvalue weighted by Crippen LogP contribution is 2.33. The Morgan fingerprint density at radius 2 is 1.81 bits per heavy atom. The number of piperazine rings is 1. The molecule has 0 atom stereocenters. The number of amides is 1. The molecule has 0 saturated carbocycles. The van der Waals surface area contributed by atoms with Gasteiger partial charge in [-0.25, -0.2) is 4.98 Å². The summed E-state index contributed by atoms with van der Waals surface area (Å²) < 4.78 is 2.13. The van der Waals surface area contributed by atoms with Crippen LogP contribution in [0.25, 0.3) is 10.2 Å². The number of hydrogen-bond donors (Lipinski definition) is 0. The Morgan fingerprint density at radius 1 is 1.12 bits per heavy atom. The second kappa shape index (κ2) is 7.18. The normalized spacial score (nSPS) is 14.9. The van der Waals surface area contributed by atoms with Crippen LogP contribution >= 0.6 is 38.9 Å². The summed E-state index contributed by atoms with van der Waals surface area (Å²) in [7, 11) is 0. The van der Waals surface area contributed by atoms with Gasteiger partial charge in [0.15, 0.2) is 5.13 Å². The zero-order chi connectivity index (χ0) is 18.3. The van der Waals surface area contributed by atoms with Gasteiger partial charge in [0.1, 0.15) is 0 Å². The third-order valence-electron chi connectivity index (χ3n) is 4.67. The molecule has 1 aromatic heterocycles. The zero-order valence-corrected chi connectivity index (χ0v) is 17.4. The summed E-state index contributed by atoms with van der Waals surface area (Å²) in [4.78, 5) is 21.6. The average Bonchev–Trinajstić information content (AvgIpc) is 3.10. The van der Waals surface area contributed by atoms with Crippen molar-refractivity contribution in [3.63, 3.8) is 0 Å². The van der Waals surface area contributed by atoms with Crippen LogP contribution in [0, 0.1) is 6.92 Å². The molecule has 0 bridgehead atoms. The number of anilines is 1. The molecule has 0 radical (unpaired) electrons. The van der Waals surface area contributed by atoms with Crippen molar-refractivity contribution in [2.75, 3.05) is 31.1 Å². The van der Waals surface area contributed by atoms with Crippen LogP contribution in [0.3, 0.4) is 0 Å². The predicted molar refractivity (Wildman–Crippen MR) is 112 cm³/mol. The number of nitrogens with zero attached hydrogens (tertiary/aromatic N) is 3. The van der Waals surface area contributed by atoms with Crippen molar-refractivity contribution in [3.8, 4) is 0 Å². The molecular formula is C19H17BrClN3OS. The number of aryl methyl sites for hydroxylation is 1. The van der Waals surface area contributed by atoms with E-state index < -0.39 is 0 Å². The molecule has 4 rings (SSSR count). The molecule has 3 aromatic rings. The standard InChI is InChI=1S/C19H17BrClN3OS/c1-12-15(21)6-7-16-17(12)22-19(26-16)24-10-8-23(9-11-24)18(25)13-2-4-14(20)5-3-13/h2-7H,8-11H2,1H3. The van der Waals surface area contributed by atoms with Crippen molar-refractivity contribution in [2.24, 2.45) is 0 Å². The number of halogens is 2. The molecule has 4 nitrogen and oxygen atoms in total. The van der Waals surface area contributed by atoms with Crippen LogP contribution in [0.5, 0.6) is 0 Å². The van der Waals surface area contributed by atoms with E-state index >= 15 is 0 Å². The summed E-state index contributed by atoms with van der Waals surface area (Å²) in [6, 6.07) is 11.5. The molecule has 1 aliphatic rings. The first-order valence-electron chi connectivity index (χ1n) is 8.38. The first kappa shape index (κ1) is 17.8. The van der Waals surface area contributed by atoms with Gasteiger partial charge in [0.25, 0.3) is 5.91 Å². The average molecular weight is 451 g/mol. The number of benzene rings is 2. The van der Waals surface area contributed by atoms with E-state index in [1.165, 1.54) is 0 Å². The first-order chi connectivity index (χ1) is 12.5. The van der Waals surface area contributed by atoms with Crippen molar-refractivity contribution in [3.05, 3.63) is 57.0 Å². The Morgan fingerprint density at radius 3 is 2.50 bits per heavy atom. The third-order valence-corrected chi connectivity index (χ3v) is 6.68. The highest BCUT2D eigenvalue weighted by molar-refractivity contribution is 9.10. The summed E-state index contributed by atoms with van der Waals surface area (Å²) >= 11 is 11.3. The molecule has 2 heterocycles. The van der Waals surface area contributed by atoms with Crippen molar-refractivity contribution < 1.29 is 4.79 Å². The third kappa shape index (κ3) is 3.33. The molecule has 1 amide bonds. The highest BCUT2D eigenvalue weighted by atomic mass is 79.9. The largest absolute Gasteiger partial charge is 0.345 e. The fraction of sp³-hybridized carbons (Fsp3) is 0.263. The monoisotopic (exact) mass is 449 g/mol. The van der Waals surface area contributed by atoms with Gasteiger partial charge in [-0.1, -0.05) is 38.9 Å². The Balaban J connectivity index is 1.47. The maximum Gasteiger partial charge on any atom is 0.253 e. The van der Waals surface area contributed by atoms with Gasteiger partial charge < -0.3 is 9.80 Å². The minimum Gasteiger partial charge on any atom is -0.345 e. The van der Waals surface area contributed by atoms with E-state index in [0.717, 1.165) is 49.1 Å². The van der Waals surface area contributed by atoms with Gasteiger partial charge in [0.05, 0.1) is 10.2 Å². The molecule has 1 saturated heterocycles.